The lowest BCUT2D eigenvalue weighted by Gasteiger charge is -2.20. The fraction of sp³-hybridized carbons (Fsp3) is 0.286. The summed E-state index contributed by atoms with van der Waals surface area (Å²) in [7, 11) is 0. The van der Waals surface area contributed by atoms with Crippen molar-refractivity contribution < 1.29 is 4.79 Å². The largest absolute Gasteiger partial charge is 0.354 e. The maximum absolute atomic E-state index is 12.5. The molecule has 0 spiro atoms. The Hall–Kier alpha value is -2.95. The third kappa shape index (κ3) is 3.67. The second-order valence-electron chi connectivity index (χ2n) is 6.61. The van der Waals surface area contributed by atoms with Crippen molar-refractivity contribution in [2.45, 2.75) is 25.7 Å². The number of fused-ring (bicyclic) bond motifs is 1. The van der Waals surface area contributed by atoms with Crippen LogP contribution in [0, 0.1) is 0 Å². The fourth-order valence-corrected chi connectivity index (χ4v) is 3.32. The number of carbonyl (C=O) groups excluding carboxylic acids is 1. The van der Waals surface area contributed by atoms with Crippen molar-refractivity contribution >= 4 is 28.6 Å². The van der Waals surface area contributed by atoms with Gasteiger partial charge in [0, 0.05) is 19.5 Å². The van der Waals surface area contributed by atoms with Crippen LogP contribution in [0.5, 0.6) is 0 Å². The van der Waals surface area contributed by atoms with Crippen LogP contribution in [-0.2, 0) is 11.2 Å². The lowest BCUT2D eigenvalue weighted by molar-refractivity contribution is -0.116. The van der Waals surface area contributed by atoms with Crippen molar-refractivity contribution in [1.82, 2.24) is 9.97 Å². The summed E-state index contributed by atoms with van der Waals surface area (Å²) in [6, 6.07) is 17.8. The highest BCUT2D eigenvalue weighted by atomic mass is 16.1. The molecule has 1 saturated heterocycles. The van der Waals surface area contributed by atoms with Gasteiger partial charge in [0.25, 0.3) is 0 Å². The van der Waals surface area contributed by atoms with Gasteiger partial charge in [-0.1, -0.05) is 42.5 Å². The van der Waals surface area contributed by atoms with Gasteiger partial charge in [-0.15, -0.1) is 0 Å². The number of carbonyl (C=O) groups is 1. The summed E-state index contributed by atoms with van der Waals surface area (Å²) < 4.78 is 0. The number of benzene rings is 2. The lowest BCUT2D eigenvalue weighted by atomic mass is 10.1. The van der Waals surface area contributed by atoms with Gasteiger partial charge >= 0.3 is 0 Å². The third-order valence-corrected chi connectivity index (χ3v) is 4.70. The van der Waals surface area contributed by atoms with Crippen molar-refractivity contribution in [1.29, 1.82) is 0 Å². The molecule has 26 heavy (non-hydrogen) atoms. The number of hydrogen-bond donors (Lipinski definition) is 1. The van der Waals surface area contributed by atoms with Crippen molar-refractivity contribution in [2.75, 3.05) is 23.3 Å². The van der Waals surface area contributed by atoms with Crippen LogP contribution in [0.2, 0.25) is 0 Å². The van der Waals surface area contributed by atoms with Gasteiger partial charge in [-0.2, -0.15) is 0 Å². The first-order chi connectivity index (χ1) is 12.8. The number of aromatic nitrogens is 2. The van der Waals surface area contributed by atoms with E-state index in [2.05, 4.69) is 15.2 Å². The molecule has 0 radical (unpaired) electrons. The molecule has 0 aliphatic carbocycles. The van der Waals surface area contributed by atoms with Crippen molar-refractivity contribution in [3.63, 3.8) is 0 Å². The highest BCUT2D eigenvalue weighted by Crippen LogP contribution is 2.28. The molecule has 1 aliphatic rings. The first-order valence-electron chi connectivity index (χ1n) is 9.15. The zero-order valence-electron chi connectivity index (χ0n) is 14.7. The summed E-state index contributed by atoms with van der Waals surface area (Å²) in [5.74, 6) is 1.33. The van der Waals surface area contributed by atoms with Crippen molar-refractivity contribution in [3.05, 3.63) is 60.2 Å². The molecule has 2 aromatic carbocycles. The molecule has 1 fully saturated rings. The molecular formula is C21H22N4O. The van der Waals surface area contributed by atoms with Gasteiger partial charge in [-0.25, -0.2) is 9.97 Å². The molecule has 0 bridgehead atoms. The molecule has 5 heteroatoms. The average molecular weight is 346 g/mol. The van der Waals surface area contributed by atoms with Gasteiger partial charge in [-0.3, -0.25) is 4.79 Å². The summed E-state index contributed by atoms with van der Waals surface area (Å²) in [6.07, 6.45) is 3.44. The van der Waals surface area contributed by atoms with E-state index in [1.165, 1.54) is 0 Å². The molecule has 4 rings (SSSR count). The van der Waals surface area contributed by atoms with Crippen molar-refractivity contribution in [2.24, 2.45) is 0 Å². The topological polar surface area (TPSA) is 58.1 Å². The Labute approximate surface area is 153 Å². The number of rotatable bonds is 5. The fourth-order valence-electron chi connectivity index (χ4n) is 3.32. The van der Waals surface area contributed by atoms with Crippen LogP contribution in [0.1, 0.15) is 24.8 Å². The molecule has 0 unspecified atom stereocenters. The Balaban J connectivity index is 1.55. The highest BCUT2D eigenvalue weighted by molar-refractivity contribution is 5.94. The standard InChI is InChI=1S/C21H22N4O/c26-19(13-12-16-8-2-1-3-9-16)24-20-21(25-14-6-7-15-25)23-18-11-5-4-10-17(18)22-20/h1-5,8-11H,6-7,12-15H2,(H,22,24,26). The number of nitrogens with zero attached hydrogens (tertiary/aromatic N) is 3. The van der Waals surface area contributed by atoms with Crippen LogP contribution in [0.3, 0.4) is 0 Å². The first kappa shape index (κ1) is 16.5. The Morgan fingerprint density at radius 1 is 0.923 bits per heavy atom. The molecule has 1 aliphatic heterocycles. The quantitative estimate of drug-likeness (QED) is 0.763. The minimum Gasteiger partial charge on any atom is -0.354 e. The SMILES string of the molecule is O=C(CCc1ccccc1)Nc1nc2ccccc2nc1N1CCCC1. The van der Waals surface area contributed by atoms with E-state index in [0.29, 0.717) is 18.7 Å². The second-order valence-corrected chi connectivity index (χ2v) is 6.61. The zero-order valence-corrected chi connectivity index (χ0v) is 14.7. The molecule has 1 aromatic heterocycles. The van der Waals surface area contributed by atoms with Crippen LogP contribution in [-0.4, -0.2) is 29.0 Å². The highest BCUT2D eigenvalue weighted by Gasteiger charge is 2.20. The molecule has 1 N–H and O–H groups in total. The number of anilines is 2. The number of aryl methyl sites for hydroxylation is 1. The van der Waals surface area contributed by atoms with Crippen molar-refractivity contribution in [3.8, 4) is 0 Å². The smallest absolute Gasteiger partial charge is 0.225 e. The van der Waals surface area contributed by atoms with Crippen LogP contribution >= 0.6 is 0 Å². The molecule has 132 valence electrons. The van der Waals surface area contributed by atoms with E-state index in [1.54, 1.807) is 0 Å². The van der Waals surface area contributed by atoms with Crippen LogP contribution in [0.15, 0.2) is 54.6 Å². The predicted molar refractivity (Wildman–Crippen MR) is 104 cm³/mol. The minimum absolute atomic E-state index is 0.0288. The third-order valence-electron chi connectivity index (χ3n) is 4.70. The summed E-state index contributed by atoms with van der Waals surface area (Å²) in [4.78, 5) is 24.2. The van der Waals surface area contributed by atoms with Gasteiger partial charge in [0.15, 0.2) is 11.6 Å². The predicted octanol–water partition coefficient (Wildman–Crippen LogP) is 3.80. The molecule has 2 heterocycles. The molecule has 0 atom stereocenters. The summed E-state index contributed by atoms with van der Waals surface area (Å²) in [5, 5.41) is 3.00. The number of amides is 1. The van der Waals surface area contributed by atoms with Gasteiger partial charge < -0.3 is 10.2 Å². The van der Waals surface area contributed by atoms with E-state index in [9.17, 15) is 4.79 Å². The molecule has 3 aromatic rings. The molecule has 5 nitrogen and oxygen atoms in total. The van der Waals surface area contributed by atoms with E-state index in [-0.39, 0.29) is 5.91 Å². The molecule has 1 amide bonds. The number of nitrogens with one attached hydrogen (secondary N) is 1. The Bertz CT molecular complexity index is 904. The van der Waals surface area contributed by atoms with E-state index < -0.39 is 0 Å². The Morgan fingerprint density at radius 3 is 2.31 bits per heavy atom. The summed E-state index contributed by atoms with van der Waals surface area (Å²) in [5.41, 5.74) is 2.82. The number of para-hydroxylation sites is 2. The van der Waals surface area contributed by atoms with E-state index >= 15 is 0 Å². The maximum Gasteiger partial charge on any atom is 0.225 e. The van der Waals surface area contributed by atoms with Crippen LogP contribution < -0.4 is 10.2 Å². The first-order valence-corrected chi connectivity index (χ1v) is 9.15. The molecule has 0 saturated carbocycles. The monoisotopic (exact) mass is 346 g/mol. The van der Waals surface area contributed by atoms with Crippen LogP contribution in [0.4, 0.5) is 11.6 Å². The summed E-state index contributed by atoms with van der Waals surface area (Å²) >= 11 is 0. The van der Waals surface area contributed by atoms with Gasteiger partial charge in [0.05, 0.1) is 11.0 Å². The van der Waals surface area contributed by atoms with Crippen LogP contribution in [0.25, 0.3) is 11.0 Å². The zero-order chi connectivity index (χ0) is 17.8. The maximum atomic E-state index is 12.5. The summed E-state index contributed by atoms with van der Waals surface area (Å²) in [6.45, 7) is 1.92. The Kier molecular flexibility index (Phi) is 4.78. The van der Waals surface area contributed by atoms with Gasteiger partial charge in [0.1, 0.15) is 0 Å². The Morgan fingerprint density at radius 2 is 1.58 bits per heavy atom. The van der Waals surface area contributed by atoms with E-state index in [4.69, 9.17) is 4.98 Å². The lowest BCUT2D eigenvalue weighted by Crippen LogP contribution is -2.23. The second kappa shape index (κ2) is 7.52. The van der Waals surface area contributed by atoms with Gasteiger partial charge in [-0.05, 0) is 37.0 Å². The van der Waals surface area contributed by atoms with Gasteiger partial charge in [0.2, 0.25) is 5.91 Å². The average Bonchev–Trinajstić information content (AvgIpc) is 3.21. The molecular weight excluding hydrogens is 324 g/mol. The minimum atomic E-state index is -0.0288. The number of hydrogen-bond acceptors (Lipinski definition) is 4. The van der Waals surface area contributed by atoms with E-state index in [1.807, 2.05) is 54.6 Å². The normalized spacial score (nSPS) is 13.9. The van der Waals surface area contributed by atoms with E-state index in [0.717, 1.165) is 48.3 Å².